The van der Waals surface area contributed by atoms with Crippen LogP contribution in [0.4, 0.5) is 0 Å². The lowest BCUT2D eigenvalue weighted by Gasteiger charge is -2.24. The van der Waals surface area contributed by atoms with E-state index < -0.39 is 6.10 Å². The van der Waals surface area contributed by atoms with Gasteiger partial charge in [-0.25, -0.2) is 0 Å². The first-order valence-electron chi connectivity index (χ1n) is 24.2. The number of aliphatic hydroxyl groups excluding tert-OH is 1. The fraction of sp³-hybridized carbons (Fsp3) is 0.824. The largest absolute Gasteiger partial charge is 0.387 e. The molecule has 3 atom stereocenters. The minimum atomic E-state index is -0.470. The summed E-state index contributed by atoms with van der Waals surface area (Å²) in [5.41, 5.74) is 0.969. The zero-order valence-electron chi connectivity index (χ0n) is 36.9. The zero-order chi connectivity index (χ0) is 39.0. The lowest BCUT2D eigenvalue weighted by Crippen LogP contribution is -2.30. The number of hydrogen-bond donors (Lipinski definition) is 1. The Kier molecular flexibility index (Phi) is 37.2. The summed E-state index contributed by atoms with van der Waals surface area (Å²) in [4.78, 5) is 6.63. The summed E-state index contributed by atoms with van der Waals surface area (Å²) in [6.45, 7) is 12.0. The van der Waals surface area contributed by atoms with Gasteiger partial charge in [-0.2, -0.15) is 0 Å². The van der Waals surface area contributed by atoms with Crippen molar-refractivity contribution >= 4 is 0 Å². The molecule has 314 valence electrons. The van der Waals surface area contributed by atoms with Crippen LogP contribution in [0.25, 0.3) is 0 Å². The molecule has 3 nitrogen and oxygen atoms in total. The topological polar surface area (TPSA) is 36.4 Å². The van der Waals surface area contributed by atoms with E-state index >= 15 is 0 Å². The van der Waals surface area contributed by atoms with Gasteiger partial charge in [0.15, 0.2) is 0 Å². The highest BCUT2D eigenvalue weighted by Gasteiger charge is 2.13. The molecule has 0 radical (unpaired) electrons. The van der Waals surface area contributed by atoms with Crippen molar-refractivity contribution in [1.82, 2.24) is 9.88 Å². The highest BCUT2D eigenvalue weighted by molar-refractivity contribution is 5.13. The van der Waals surface area contributed by atoms with Crippen LogP contribution in [0.5, 0.6) is 0 Å². The third-order valence-electron chi connectivity index (χ3n) is 11.9. The summed E-state index contributed by atoms with van der Waals surface area (Å²) in [5.74, 6) is 1.86. The van der Waals surface area contributed by atoms with Gasteiger partial charge in [0.1, 0.15) is 0 Å². The number of aromatic nitrogens is 1. The first-order chi connectivity index (χ1) is 26.6. The molecular formula is C51H94N2O. The molecule has 1 rings (SSSR count). The third kappa shape index (κ3) is 31.7. The lowest BCUT2D eigenvalue weighted by molar-refractivity contribution is 0.115. The summed E-state index contributed by atoms with van der Waals surface area (Å²) in [6.07, 6.45) is 56.8. The highest BCUT2D eigenvalue weighted by atomic mass is 16.3. The van der Waals surface area contributed by atoms with Crippen LogP contribution in [0.3, 0.4) is 0 Å². The van der Waals surface area contributed by atoms with E-state index in [2.05, 4.69) is 61.9 Å². The van der Waals surface area contributed by atoms with Crippen molar-refractivity contribution in [2.45, 2.75) is 239 Å². The van der Waals surface area contributed by atoms with Crippen molar-refractivity contribution in [2.75, 3.05) is 19.6 Å². The molecule has 0 aromatic carbocycles. The molecule has 0 aliphatic rings. The molecule has 0 fully saturated rings. The Labute approximate surface area is 339 Å². The van der Waals surface area contributed by atoms with Gasteiger partial charge in [0, 0.05) is 32.0 Å². The quantitative estimate of drug-likeness (QED) is 0.0535. The highest BCUT2D eigenvalue weighted by Crippen LogP contribution is 2.25. The molecule has 1 aromatic rings. The predicted molar refractivity (Wildman–Crippen MR) is 241 cm³/mol. The predicted octanol–water partition coefficient (Wildman–Crippen LogP) is 16.3. The van der Waals surface area contributed by atoms with E-state index in [1.54, 1.807) is 12.4 Å². The summed E-state index contributed by atoms with van der Waals surface area (Å²) >= 11 is 0. The number of allylic oxidation sites excluding steroid dienone is 2. The van der Waals surface area contributed by atoms with Crippen LogP contribution in [0.1, 0.15) is 245 Å². The average Bonchev–Trinajstić information content (AvgIpc) is 3.19. The van der Waals surface area contributed by atoms with Crippen LogP contribution in [0.2, 0.25) is 0 Å². The van der Waals surface area contributed by atoms with Crippen molar-refractivity contribution in [3.63, 3.8) is 0 Å². The van der Waals surface area contributed by atoms with Crippen LogP contribution < -0.4 is 0 Å². The Balaban J connectivity index is 2.51. The smallest absolute Gasteiger partial charge is 0.0918 e. The van der Waals surface area contributed by atoms with Crippen molar-refractivity contribution < 1.29 is 5.11 Å². The SMILES string of the molecule is CCCCCCCCC(CCC/C=C\CCN(CC/C=C/CCCC(CCCCCC)CCCCCCCC)CC(O)c1ccncc1)CCCCCC. The van der Waals surface area contributed by atoms with Crippen LogP contribution in [-0.2, 0) is 0 Å². The number of rotatable bonds is 41. The molecule has 3 heteroatoms. The second kappa shape index (κ2) is 39.8. The van der Waals surface area contributed by atoms with Gasteiger partial charge in [-0.05, 0) is 68.1 Å². The average molecular weight is 751 g/mol. The lowest BCUT2D eigenvalue weighted by atomic mass is 9.90. The molecule has 0 aliphatic carbocycles. The number of unbranched alkanes of at least 4 members (excludes halogenated alkanes) is 18. The van der Waals surface area contributed by atoms with E-state index in [1.165, 1.54) is 193 Å². The second-order valence-electron chi connectivity index (χ2n) is 17.0. The zero-order valence-corrected chi connectivity index (χ0v) is 36.9. The maximum atomic E-state index is 11.0. The minimum absolute atomic E-state index is 0.470. The van der Waals surface area contributed by atoms with Gasteiger partial charge in [0.05, 0.1) is 6.10 Å². The molecule has 54 heavy (non-hydrogen) atoms. The summed E-state index contributed by atoms with van der Waals surface area (Å²) < 4.78 is 0. The Morgan fingerprint density at radius 2 is 0.796 bits per heavy atom. The molecule has 0 amide bonds. The summed E-state index contributed by atoms with van der Waals surface area (Å²) in [6, 6.07) is 3.91. The molecule has 3 unspecified atom stereocenters. The fourth-order valence-electron chi connectivity index (χ4n) is 8.28. The van der Waals surface area contributed by atoms with E-state index in [-0.39, 0.29) is 0 Å². The monoisotopic (exact) mass is 751 g/mol. The van der Waals surface area contributed by atoms with E-state index in [0.29, 0.717) is 6.54 Å². The minimum Gasteiger partial charge on any atom is -0.387 e. The number of aliphatic hydroxyl groups is 1. The molecule has 0 aliphatic heterocycles. The maximum absolute atomic E-state index is 11.0. The molecular weight excluding hydrogens is 657 g/mol. The van der Waals surface area contributed by atoms with Gasteiger partial charge in [-0.15, -0.1) is 0 Å². The molecule has 0 saturated carbocycles. The number of pyridine rings is 1. The van der Waals surface area contributed by atoms with Crippen LogP contribution in [-0.4, -0.2) is 34.6 Å². The maximum Gasteiger partial charge on any atom is 0.0918 e. The normalized spacial score (nSPS) is 13.8. The Bertz CT molecular complexity index is 877. The van der Waals surface area contributed by atoms with Crippen molar-refractivity contribution in [2.24, 2.45) is 11.8 Å². The Hall–Kier alpha value is -1.45. The summed E-state index contributed by atoms with van der Waals surface area (Å²) in [5, 5.41) is 11.0. The van der Waals surface area contributed by atoms with Gasteiger partial charge in [0.2, 0.25) is 0 Å². The Morgan fingerprint density at radius 3 is 1.20 bits per heavy atom. The van der Waals surface area contributed by atoms with Crippen molar-refractivity contribution in [3.8, 4) is 0 Å². The molecule has 1 N–H and O–H groups in total. The molecule has 0 spiro atoms. The molecule has 0 bridgehead atoms. The van der Waals surface area contributed by atoms with Gasteiger partial charge >= 0.3 is 0 Å². The summed E-state index contributed by atoms with van der Waals surface area (Å²) in [7, 11) is 0. The Morgan fingerprint density at radius 1 is 0.463 bits per heavy atom. The first-order valence-corrected chi connectivity index (χ1v) is 24.2. The fourth-order valence-corrected chi connectivity index (χ4v) is 8.28. The second-order valence-corrected chi connectivity index (χ2v) is 17.0. The number of hydrogen-bond acceptors (Lipinski definition) is 3. The van der Waals surface area contributed by atoms with Gasteiger partial charge in [0.25, 0.3) is 0 Å². The van der Waals surface area contributed by atoms with Crippen LogP contribution in [0, 0.1) is 11.8 Å². The standard InChI is InChI=1S/C51H94N2O/c1-5-9-13-17-21-29-37-48(35-27-15-11-7-3)39-31-23-19-25-33-45-53(47-51(54)50-41-43-52-44-42-50)46-34-26-20-24-32-40-49(36-28-16-12-8-4)38-30-22-18-14-10-6-2/h19-20,25-26,41-44,48-49,51,54H,5-18,21-24,27-40,45-47H2,1-4H3/b25-19-,26-20+. The van der Waals surface area contributed by atoms with E-state index in [9.17, 15) is 5.11 Å². The van der Waals surface area contributed by atoms with Crippen LogP contribution >= 0.6 is 0 Å². The van der Waals surface area contributed by atoms with Crippen molar-refractivity contribution in [1.29, 1.82) is 0 Å². The van der Waals surface area contributed by atoms with Gasteiger partial charge < -0.3 is 5.11 Å². The molecule has 0 saturated heterocycles. The van der Waals surface area contributed by atoms with E-state index in [4.69, 9.17) is 0 Å². The molecule has 1 heterocycles. The first kappa shape index (κ1) is 50.6. The van der Waals surface area contributed by atoms with E-state index in [1.807, 2.05) is 12.1 Å². The van der Waals surface area contributed by atoms with Gasteiger partial charge in [-0.3, -0.25) is 9.88 Å². The van der Waals surface area contributed by atoms with Crippen molar-refractivity contribution in [3.05, 3.63) is 54.4 Å². The van der Waals surface area contributed by atoms with Crippen LogP contribution in [0.15, 0.2) is 48.8 Å². The van der Waals surface area contributed by atoms with Gasteiger partial charge in [-0.1, -0.05) is 219 Å². The molecule has 1 aromatic heterocycles. The third-order valence-corrected chi connectivity index (χ3v) is 11.9. The number of nitrogens with zero attached hydrogens (tertiary/aromatic N) is 2. The van der Waals surface area contributed by atoms with E-state index in [0.717, 1.165) is 43.3 Å².